The number of rotatable bonds is 4. The smallest absolute Gasteiger partial charge is 0.508 e. The van der Waals surface area contributed by atoms with Crippen LogP contribution < -0.4 is 4.74 Å². The molecule has 2 atom stereocenters. The van der Waals surface area contributed by atoms with E-state index in [1.54, 1.807) is 0 Å². The molecule has 0 fully saturated rings. The van der Waals surface area contributed by atoms with E-state index in [0.29, 0.717) is 17.4 Å². The van der Waals surface area contributed by atoms with Gasteiger partial charge in [-0.1, -0.05) is 109 Å². The van der Waals surface area contributed by atoms with E-state index in [1.807, 2.05) is 6.20 Å². The van der Waals surface area contributed by atoms with Gasteiger partial charge in [0.25, 0.3) is 0 Å². The summed E-state index contributed by atoms with van der Waals surface area (Å²) in [4.78, 5) is 10.5. The van der Waals surface area contributed by atoms with E-state index >= 15 is 0 Å². The summed E-state index contributed by atoms with van der Waals surface area (Å²) >= 11 is 0. The van der Waals surface area contributed by atoms with E-state index < -0.39 is 5.60 Å². The fourth-order valence-corrected chi connectivity index (χ4v) is 10.5. The first-order valence-corrected chi connectivity index (χ1v) is 22.0. The first kappa shape index (κ1) is 42.3. The van der Waals surface area contributed by atoms with Crippen LogP contribution in [0.15, 0.2) is 65.8 Å². The Morgan fingerprint density at radius 2 is 1.45 bits per heavy atom. The third-order valence-corrected chi connectivity index (χ3v) is 14.7. The van der Waals surface area contributed by atoms with Crippen LogP contribution in [-0.2, 0) is 42.2 Å². The van der Waals surface area contributed by atoms with Crippen molar-refractivity contribution in [3.63, 3.8) is 0 Å². The molecule has 0 N–H and O–H groups in total. The number of aromatic nitrogens is 2. The second-order valence-corrected chi connectivity index (χ2v) is 20.3. The van der Waals surface area contributed by atoms with Gasteiger partial charge in [0.15, 0.2) is 0 Å². The summed E-state index contributed by atoms with van der Waals surface area (Å²) in [5.74, 6) is 3.04. The standard InChI is InChI=1S/C56H57N3O2.Pt/c1-28(2)36-22-37(53-58-51-42-19-29(3)32(6)34(8)48(42)49-35(9)33(7)30(4)21-44(49)56(51,15)61-53)24-39(23-36)60-47-27-46-40(20-31(47)5)41-25-38(54(10,11)12)26-45-50(41)59(46)52-43(55(45,13)14)17-16-18-57-52;/h16-23,25-26,28,51H,1-15H3;/q-2;+2/t51-,56+;/m1./s1. The normalized spacial score (nSPS) is 18.2. The molecular formula is C56H57N3O2Pt. The minimum absolute atomic E-state index is 0. The van der Waals surface area contributed by atoms with Crippen LogP contribution in [-0.4, -0.2) is 15.4 Å². The average Bonchev–Trinajstić information content (AvgIpc) is 3.73. The predicted molar refractivity (Wildman–Crippen MR) is 250 cm³/mol. The zero-order valence-electron chi connectivity index (χ0n) is 38.9. The Labute approximate surface area is 382 Å². The molecule has 4 heterocycles. The Morgan fingerprint density at radius 3 is 2.15 bits per heavy atom. The van der Waals surface area contributed by atoms with Crippen molar-refractivity contribution in [2.45, 2.75) is 132 Å². The van der Waals surface area contributed by atoms with Crippen molar-refractivity contribution in [1.82, 2.24) is 9.55 Å². The van der Waals surface area contributed by atoms with Gasteiger partial charge in [0.1, 0.15) is 23.4 Å². The second-order valence-electron chi connectivity index (χ2n) is 20.3. The summed E-state index contributed by atoms with van der Waals surface area (Å²) in [6.45, 7) is 33.8. The molecule has 2 aromatic heterocycles. The van der Waals surface area contributed by atoms with Crippen LogP contribution in [0.2, 0.25) is 0 Å². The minimum Gasteiger partial charge on any atom is -0.508 e. The SMILES string of the molecule is Cc1cc2c3cc(C(C)(C)C)cc4c3n(c2[c-]c1Oc1[c-]c(C2=N[C@@H]3c5cc(C)c(C)c(C)c5-c5c(cc(C)c(C)c5C)[C@]3(C)O2)cc(C(C)C)c1)-c1ncccc1C4(C)C.[Pt+2]. The van der Waals surface area contributed by atoms with E-state index in [2.05, 4.69) is 175 Å². The molecular weight excluding hydrogens is 942 g/mol. The first-order chi connectivity index (χ1) is 28.7. The van der Waals surface area contributed by atoms with Gasteiger partial charge in [0.05, 0.1) is 0 Å². The number of ether oxygens (including phenoxy) is 2. The van der Waals surface area contributed by atoms with Crippen molar-refractivity contribution in [1.29, 1.82) is 0 Å². The molecule has 0 saturated heterocycles. The van der Waals surface area contributed by atoms with Gasteiger partial charge in [-0.25, -0.2) is 4.98 Å². The van der Waals surface area contributed by atoms with Gasteiger partial charge in [-0.05, 0) is 132 Å². The monoisotopic (exact) mass is 998 g/mol. The van der Waals surface area contributed by atoms with Crippen molar-refractivity contribution in [2.24, 2.45) is 4.99 Å². The van der Waals surface area contributed by atoms with Crippen LogP contribution in [0.5, 0.6) is 11.5 Å². The number of pyridine rings is 1. The molecule has 0 saturated carbocycles. The summed E-state index contributed by atoms with van der Waals surface area (Å²) in [5.41, 5.74) is 20.8. The van der Waals surface area contributed by atoms with E-state index in [1.165, 1.54) is 83.2 Å². The van der Waals surface area contributed by atoms with Gasteiger partial charge in [0.2, 0.25) is 0 Å². The molecule has 3 aliphatic rings. The van der Waals surface area contributed by atoms with Gasteiger partial charge in [-0.2, -0.15) is 6.07 Å². The minimum atomic E-state index is -0.698. The second kappa shape index (κ2) is 14.0. The molecule has 5 aromatic carbocycles. The first-order valence-electron chi connectivity index (χ1n) is 22.0. The van der Waals surface area contributed by atoms with Crippen molar-refractivity contribution >= 4 is 27.7 Å². The van der Waals surface area contributed by atoms with E-state index in [0.717, 1.165) is 33.4 Å². The third kappa shape index (κ3) is 5.89. The Kier molecular flexibility index (Phi) is 9.56. The largest absolute Gasteiger partial charge is 2.00 e. The Bertz CT molecular complexity index is 3120. The summed E-state index contributed by atoms with van der Waals surface area (Å²) in [7, 11) is 0. The van der Waals surface area contributed by atoms with Crippen LogP contribution in [0, 0.1) is 60.6 Å². The maximum Gasteiger partial charge on any atom is 2.00 e. The predicted octanol–water partition coefficient (Wildman–Crippen LogP) is 14.2. The molecule has 0 unspecified atom stereocenters. The molecule has 5 nitrogen and oxygen atoms in total. The molecule has 318 valence electrons. The average molecular weight is 999 g/mol. The molecule has 2 aliphatic heterocycles. The van der Waals surface area contributed by atoms with Crippen molar-refractivity contribution < 1.29 is 30.5 Å². The van der Waals surface area contributed by atoms with Crippen molar-refractivity contribution in [2.75, 3.05) is 0 Å². The molecule has 10 rings (SSSR count). The van der Waals surface area contributed by atoms with Crippen LogP contribution in [0.25, 0.3) is 38.8 Å². The fourth-order valence-electron chi connectivity index (χ4n) is 10.5. The Hall–Kier alpha value is -4.99. The summed E-state index contributed by atoms with van der Waals surface area (Å²) in [6, 6.07) is 27.6. The van der Waals surface area contributed by atoms with Crippen LogP contribution >= 0.6 is 0 Å². The quantitative estimate of drug-likeness (QED) is 0.165. The molecule has 0 bridgehead atoms. The van der Waals surface area contributed by atoms with Crippen LogP contribution in [0.4, 0.5) is 0 Å². The molecule has 7 aromatic rings. The number of hydrogen-bond acceptors (Lipinski definition) is 4. The van der Waals surface area contributed by atoms with Gasteiger partial charge in [-0.3, -0.25) is 4.99 Å². The zero-order valence-corrected chi connectivity index (χ0v) is 41.2. The maximum absolute atomic E-state index is 7.21. The van der Waals surface area contributed by atoms with Gasteiger partial charge >= 0.3 is 21.1 Å². The maximum atomic E-state index is 7.21. The number of aliphatic imine (C=N–C) groups is 1. The molecule has 0 amide bonds. The van der Waals surface area contributed by atoms with E-state index in [4.69, 9.17) is 19.5 Å². The Balaban J connectivity index is 0.00000490. The summed E-state index contributed by atoms with van der Waals surface area (Å²) in [6.07, 6.45) is 1.90. The third-order valence-electron chi connectivity index (χ3n) is 14.7. The Morgan fingerprint density at radius 1 is 0.758 bits per heavy atom. The van der Waals surface area contributed by atoms with Gasteiger partial charge in [0, 0.05) is 39.8 Å². The number of benzene rings is 5. The van der Waals surface area contributed by atoms with Crippen LogP contribution in [0.1, 0.15) is 145 Å². The van der Waals surface area contributed by atoms with Crippen molar-refractivity contribution in [3.05, 3.63) is 151 Å². The van der Waals surface area contributed by atoms with Crippen LogP contribution in [0.3, 0.4) is 0 Å². The molecule has 62 heavy (non-hydrogen) atoms. The van der Waals surface area contributed by atoms with E-state index in [-0.39, 0.29) is 43.9 Å². The summed E-state index contributed by atoms with van der Waals surface area (Å²) in [5, 5.41) is 2.37. The topological polar surface area (TPSA) is 48.6 Å². The number of aryl methyl sites for hydroxylation is 3. The zero-order chi connectivity index (χ0) is 43.4. The molecule has 0 spiro atoms. The number of hydrogen-bond donors (Lipinski definition) is 0. The number of nitrogens with zero attached hydrogens (tertiary/aromatic N) is 3. The van der Waals surface area contributed by atoms with Gasteiger partial charge in [-0.15, -0.1) is 28.6 Å². The summed E-state index contributed by atoms with van der Waals surface area (Å²) < 4.78 is 16.5. The van der Waals surface area contributed by atoms with Crippen molar-refractivity contribution in [3.8, 4) is 28.4 Å². The fraction of sp³-hybridized carbons (Fsp3) is 0.357. The molecule has 6 heteroatoms. The van der Waals surface area contributed by atoms with E-state index in [9.17, 15) is 0 Å². The molecule has 0 radical (unpaired) electrons. The molecule has 1 aliphatic carbocycles. The number of fused-ring (bicyclic) bond motifs is 11. The van der Waals surface area contributed by atoms with Gasteiger partial charge < -0.3 is 14.0 Å².